The molecular weight excluding hydrogens is 207 g/mol. The van der Waals surface area contributed by atoms with Crippen molar-refractivity contribution in [2.75, 3.05) is 0 Å². The van der Waals surface area contributed by atoms with Gasteiger partial charge >= 0.3 is 0 Å². The highest BCUT2D eigenvalue weighted by molar-refractivity contribution is 5.14. The second-order valence-electron chi connectivity index (χ2n) is 4.37. The molecule has 1 saturated carbocycles. The third-order valence-corrected chi connectivity index (χ3v) is 3.04. The lowest BCUT2D eigenvalue weighted by Crippen LogP contribution is -2.24. The van der Waals surface area contributed by atoms with Gasteiger partial charge in [-0.3, -0.25) is 0 Å². The Morgan fingerprint density at radius 3 is 2.38 bits per heavy atom. The molecule has 0 unspecified atom stereocenters. The van der Waals surface area contributed by atoms with Crippen molar-refractivity contribution in [3.8, 4) is 0 Å². The van der Waals surface area contributed by atoms with Crippen LogP contribution in [0, 0.1) is 5.82 Å². The molecule has 2 nitrogen and oxygen atoms in total. The van der Waals surface area contributed by atoms with Crippen LogP contribution in [-0.4, -0.2) is 17.3 Å². The zero-order valence-corrected chi connectivity index (χ0v) is 9.23. The van der Waals surface area contributed by atoms with Crippen LogP contribution in [0.15, 0.2) is 24.3 Å². The Hall–Kier alpha value is -0.930. The number of hydrogen-bond donors (Lipinski definition) is 1. The van der Waals surface area contributed by atoms with E-state index in [0.717, 1.165) is 31.2 Å². The predicted octanol–water partition coefficient (Wildman–Crippen LogP) is 2.65. The van der Waals surface area contributed by atoms with Crippen molar-refractivity contribution >= 4 is 0 Å². The molecule has 1 N–H and O–H groups in total. The Labute approximate surface area is 95.1 Å². The summed E-state index contributed by atoms with van der Waals surface area (Å²) in [5, 5.41) is 9.35. The van der Waals surface area contributed by atoms with Gasteiger partial charge in [-0.15, -0.1) is 0 Å². The summed E-state index contributed by atoms with van der Waals surface area (Å²) in [6.07, 6.45) is 3.59. The minimum absolute atomic E-state index is 0.148. The van der Waals surface area contributed by atoms with Crippen LogP contribution >= 0.6 is 0 Å². The number of benzene rings is 1. The summed E-state index contributed by atoms with van der Waals surface area (Å²) in [7, 11) is 0. The molecule has 1 fully saturated rings. The molecule has 0 aliphatic heterocycles. The van der Waals surface area contributed by atoms with Crippen LogP contribution in [0.4, 0.5) is 4.39 Å². The molecule has 0 amide bonds. The molecule has 16 heavy (non-hydrogen) atoms. The molecule has 1 aromatic rings. The Bertz CT molecular complexity index is 315. The van der Waals surface area contributed by atoms with Gasteiger partial charge in [0.1, 0.15) is 5.82 Å². The van der Waals surface area contributed by atoms with E-state index in [1.807, 2.05) is 0 Å². The molecule has 0 heterocycles. The molecular formula is C13H17FO2. The van der Waals surface area contributed by atoms with E-state index >= 15 is 0 Å². The maximum absolute atomic E-state index is 12.7. The zero-order chi connectivity index (χ0) is 11.4. The van der Waals surface area contributed by atoms with Gasteiger partial charge < -0.3 is 9.84 Å². The quantitative estimate of drug-likeness (QED) is 0.855. The predicted molar refractivity (Wildman–Crippen MR) is 59.5 cm³/mol. The molecule has 2 rings (SSSR count). The second-order valence-corrected chi connectivity index (χ2v) is 4.37. The van der Waals surface area contributed by atoms with Gasteiger partial charge in [0.25, 0.3) is 0 Å². The van der Waals surface area contributed by atoms with E-state index in [4.69, 9.17) is 4.74 Å². The largest absolute Gasteiger partial charge is 0.393 e. The van der Waals surface area contributed by atoms with Gasteiger partial charge in [0.15, 0.2) is 0 Å². The number of aliphatic hydroxyl groups is 1. The highest BCUT2D eigenvalue weighted by Gasteiger charge is 2.19. The van der Waals surface area contributed by atoms with Gasteiger partial charge in [-0.05, 0) is 43.4 Å². The third-order valence-electron chi connectivity index (χ3n) is 3.04. The van der Waals surface area contributed by atoms with E-state index in [0.29, 0.717) is 6.61 Å². The molecule has 3 heteroatoms. The lowest BCUT2D eigenvalue weighted by Gasteiger charge is -2.25. The SMILES string of the molecule is OC1CCC(OCc2ccc(F)cc2)CC1. The first-order chi connectivity index (χ1) is 7.74. The van der Waals surface area contributed by atoms with Crippen molar-refractivity contribution in [3.63, 3.8) is 0 Å². The summed E-state index contributed by atoms with van der Waals surface area (Å²) < 4.78 is 18.4. The fraction of sp³-hybridized carbons (Fsp3) is 0.538. The van der Waals surface area contributed by atoms with Crippen LogP contribution < -0.4 is 0 Å². The first kappa shape index (κ1) is 11.6. The summed E-state index contributed by atoms with van der Waals surface area (Å²) in [5.74, 6) is -0.218. The molecule has 0 radical (unpaired) electrons. The Balaban J connectivity index is 1.77. The van der Waals surface area contributed by atoms with Gasteiger partial charge in [0.2, 0.25) is 0 Å². The summed E-state index contributed by atoms with van der Waals surface area (Å²) in [5.41, 5.74) is 0.993. The number of ether oxygens (including phenoxy) is 1. The summed E-state index contributed by atoms with van der Waals surface area (Å²) in [6.45, 7) is 0.529. The minimum atomic E-state index is -0.218. The standard InChI is InChI=1S/C13H17FO2/c14-11-3-1-10(2-4-11)9-16-13-7-5-12(15)6-8-13/h1-4,12-13,15H,5-9H2. The molecule has 0 aromatic heterocycles. The van der Waals surface area contributed by atoms with Crippen molar-refractivity contribution in [3.05, 3.63) is 35.6 Å². The van der Waals surface area contributed by atoms with Crippen molar-refractivity contribution in [2.24, 2.45) is 0 Å². The molecule has 0 atom stereocenters. The van der Waals surface area contributed by atoms with Crippen molar-refractivity contribution in [1.29, 1.82) is 0 Å². The Morgan fingerprint density at radius 2 is 1.75 bits per heavy atom. The van der Waals surface area contributed by atoms with E-state index in [1.54, 1.807) is 12.1 Å². The number of halogens is 1. The van der Waals surface area contributed by atoms with Gasteiger partial charge in [0, 0.05) is 0 Å². The van der Waals surface area contributed by atoms with E-state index in [-0.39, 0.29) is 18.0 Å². The number of rotatable bonds is 3. The minimum Gasteiger partial charge on any atom is -0.393 e. The fourth-order valence-electron chi connectivity index (χ4n) is 2.01. The highest BCUT2D eigenvalue weighted by atomic mass is 19.1. The average molecular weight is 224 g/mol. The molecule has 1 aliphatic rings. The van der Waals surface area contributed by atoms with Gasteiger partial charge in [0.05, 0.1) is 18.8 Å². The van der Waals surface area contributed by atoms with Gasteiger partial charge in [-0.1, -0.05) is 12.1 Å². The van der Waals surface area contributed by atoms with Crippen LogP contribution in [0.2, 0.25) is 0 Å². The summed E-state index contributed by atoms with van der Waals surface area (Å²) in [4.78, 5) is 0. The lowest BCUT2D eigenvalue weighted by atomic mass is 9.95. The molecule has 0 bridgehead atoms. The normalized spacial score (nSPS) is 25.6. The van der Waals surface area contributed by atoms with E-state index < -0.39 is 0 Å². The summed E-state index contributed by atoms with van der Waals surface area (Å²) >= 11 is 0. The monoisotopic (exact) mass is 224 g/mol. The van der Waals surface area contributed by atoms with Gasteiger partial charge in [-0.2, -0.15) is 0 Å². The van der Waals surface area contributed by atoms with E-state index in [2.05, 4.69) is 0 Å². The number of hydrogen-bond acceptors (Lipinski definition) is 2. The van der Waals surface area contributed by atoms with E-state index in [1.165, 1.54) is 12.1 Å². The molecule has 1 aliphatic carbocycles. The van der Waals surface area contributed by atoms with Crippen molar-refractivity contribution in [1.82, 2.24) is 0 Å². The highest BCUT2D eigenvalue weighted by Crippen LogP contribution is 2.22. The third kappa shape index (κ3) is 3.29. The van der Waals surface area contributed by atoms with Crippen LogP contribution in [0.5, 0.6) is 0 Å². The van der Waals surface area contributed by atoms with E-state index in [9.17, 15) is 9.50 Å². The first-order valence-electron chi connectivity index (χ1n) is 5.78. The Kier molecular flexibility index (Phi) is 3.91. The zero-order valence-electron chi connectivity index (χ0n) is 9.23. The Morgan fingerprint density at radius 1 is 1.12 bits per heavy atom. The molecule has 1 aromatic carbocycles. The molecule has 0 saturated heterocycles. The van der Waals surface area contributed by atoms with Gasteiger partial charge in [-0.25, -0.2) is 4.39 Å². The first-order valence-corrected chi connectivity index (χ1v) is 5.78. The van der Waals surface area contributed by atoms with Crippen molar-refractivity contribution in [2.45, 2.75) is 44.5 Å². The van der Waals surface area contributed by atoms with Crippen LogP contribution in [-0.2, 0) is 11.3 Å². The maximum atomic E-state index is 12.7. The average Bonchev–Trinajstić information content (AvgIpc) is 2.30. The van der Waals surface area contributed by atoms with Crippen LogP contribution in [0.25, 0.3) is 0 Å². The second kappa shape index (κ2) is 5.41. The van der Waals surface area contributed by atoms with Crippen LogP contribution in [0.1, 0.15) is 31.2 Å². The smallest absolute Gasteiger partial charge is 0.123 e. The lowest BCUT2D eigenvalue weighted by molar-refractivity contribution is -0.0118. The fourth-order valence-corrected chi connectivity index (χ4v) is 2.01. The summed E-state index contributed by atoms with van der Waals surface area (Å²) in [6, 6.07) is 6.38. The van der Waals surface area contributed by atoms with Crippen molar-refractivity contribution < 1.29 is 14.2 Å². The number of aliphatic hydroxyl groups excluding tert-OH is 1. The molecule has 88 valence electrons. The molecule has 0 spiro atoms. The maximum Gasteiger partial charge on any atom is 0.123 e. The van der Waals surface area contributed by atoms with Crippen LogP contribution in [0.3, 0.4) is 0 Å². The topological polar surface area (TPSA) is 29.5 Å².